The molecule has 0 spiro atoms. The van der Waals surface area contributed by atoms with Crippen LogP contribution in [0.1, 0.15) is 0 Å². The molecule has 0 atom stereocenters. The van der Waals surface area contributed by atoms with Gasteiger partial charge in [-0.2, -0.15) is 0 Å². The molecule has 72 valence electrons. The lowest BCUT2D eigenvalue weighted by molar-refractivity contribution is 0.897. The Morgan fingerprint density at radius 1 is 1.07 bits per heavy atom. The van der Waals surface area contributed by atoms with Gasteiger partial charge in [0.05, 0.1) is 11.2 Å². The van der Waals surface area contributed by atoms with Crippen molar-refractivity contribution in [1.82, 2.24) is 25.4 Å². The maximum Gasteiger partial charge on any atom is 0.139 e. The van der Waals surface area contributed by atoms with Gasteiger partial charge in [0.2, 0.25) is 0 Å². The minimum Gasteiger partial charge on any atom is -0.358 e. The molecule has 0 saturated heterocycles. The van der Waals surface area contributed by atoms with Crippen LogP contribution in [0, 0.1) is 0 Å². The van der Waals surface area contributed by atoms with Gasteiger partial charge in [-0.3, -0.25) is 4.98 Å². The van der Waals surface area contributed by atoms with Crippen molar-refractivity contribution in [3.63, 3.8) is 0 Å². The third kappa shape index (κ3) is 1.25. The largest absolute Gasteiger partial charge is 0.358 e. The third-order valence-electron chi connectivity index (χ3n) is 2.17. The van der Waals surface area contributed by atoms with Crippen molar-refractivity contribution >= 4 is 11.0 Å². The number of hydrogen-bond acceptors (Lipinski definition) is 4. The third-order valence-corrected chi connectivity index (χ3v) is 2.17. The van der Waals surface area contributed by atoms with Crippen LogP contribution >= 0.6 is 0 Å². The van der Waals surface area contributed by atoms with Gasteiger partial charge in [0.25, 0.3) is 0 Å². The molecule has 3 rings (SSSR count). The molecule has 3 heterocycles. The van der Waals surface area contributed by atoms with Gasteiger partial charge in [0, 0.05) is 12.4 Å². The Hall–Kier alpha value is -2.30. The maximum atomic E-state index is 4.23. The fraction of sp³-hybridized carbons (Fsp3) is 0. The Morgan fingerprint density at radius 2 is 2.07 bits per heavy atom. The molecular formula is C10H7N5. The van der Waals surface area contributed by atoms with Crippen molar-refractivity contribution in [2.45, 2.75) is 0 Å². The fourth-order valence-corrected chi connectivity index (χ4v) is 1.48. The van der Waals surface area contributed by atoms with Crippen LogP contribution in [0.3, 0.4) is 0 Å². The molecule has 0 bridgehead atoms. The highest BCUT2D eigenvalue weighted by atomic mass is 15.3. The van der Waals surface area contributed by atoms with Crippen LogP contribution in [0.5, 0.6) is 0 Å². The van der Waals surface area contributed by atoms with Crippen LogP contribution in [0.4, 0.5) is 0 Å². The maximum absolute atomic E-state index is 4.23. The monoisotopic (exact) mass is 197 g/mol. The number of nitrogens with zero attached hydrogens (tertiary/aromatic N) is 4. The summed E-state index contributed by atoms with van der Waals surface area (Å²) in [6.07, 6.45) is 3.54. The lowest BCUT2D eigenvalue weighted by Crippen LogP contribution is -1.93. The molecule has 15 heavy (non-hydrogen) atoms. The van der Waals surface area contributed by atoms with E-state index in [1.807, 2.05) is 30.5 Å². The van der Waals surface area contributed by atoms with E-state index in [2.05, 4.69) is 25.4 Å². The number of rotatable bonds is 1. The van der Waals surface area contributed by atoms with E-state index < -0.39 is 0 Å². The Balaban J connectivity index is 2.31. The van der Waals surface area contributed by atoms with Gasteiger partial charge in [-0.05, 0) is 23.4 Å². The van der Waals surface area contributed by atoms with E-state index in [9.17, 15) is 0 Å². The number of aromatic amines is 1. The number of H-pyrrole nitrogens is 1. The Bertz CT molecular complexity index is 587. The summed E-state index contributed by atoms with van der Waals surface area (Å²) in [4.78, 5) is 7.31. The van der Waals surface area contributed by atoms with E-state index in [1.165, 1.54) is 0 Å². The number of fused-ring (bicyclic) bond motifs is 1. The SMILES string of the molecule is c1ccc(-c2nnnc3cc[nH]c23)nc1. The van der Waals surface area contributed by atoms with E-state index in [1.54, 1.807) is 6.20 Å². The summed E-state index contributed by atoms with van der Waals surface area (Å²) in [5, 5.41) is 11.6. The first-order valence-electron chi connectivity index (χ1n) is 4.53. The second kappa shape index (κ2) is 3.13. The predicted octanol–water partition coefficient (Wildman–Crippen LogP) is 1.41. The molecule has 3 aromatic heterocycles. The zero-order chi connectivity index (χ0) is 10.1. The standard InChI is InChI=1S/C10H7N5/c1-2-5-11-7(3-1)10-9-8(4-6-12-9)13-15-14-10/h1-6,12H. The van der Waals surface area contributed by atoms with Gasteiger partial charge in [0.1, 0.15) is 11.2 Å². The van der Waals surface area contributed by atoms with E-state index in [0.717, 1.165) is 22.4 Å². The first kappa shape index (κ1) is 8.05. The predicted molar refractivity (Wildman–Crippen MR) is 54.9 cm³/mol. The molecule has 5 nitrogen and oxygen atoms in total. The smallest absolute Gasteiger partial charge is 0.139 e. The van der Waals surface area contributed by atoms with Crippen LogP contribution in [-0.2, 0) is 0 Å². The van der Waals surface area contributed by atoms with Crippen molar-refractivity contribution in [2.24, 2.45) is 0 Å². The van der Waals surface area contributed by atoms with E-state index >= 15 is 0 Å². The molecule has 0 unspecified atom stereocenters. The highest BCUT2D eigenvalue weighted by Gasteiger charge is 2.08. The van der Waals surface area contributed by atoms with Crippen molar-refractivity contribution in [2.75, 3.05) is 0 Å². The molecule has 0 aliphatic carbocycles. The summed E-state index contributed by atoms with van der Waals surface area (Å²) in [5.74, 6) is 0. The summed E-state index contributed by atoms with van der Waals surface area (Å²) in [6.45, 7) is 0. The first-order valence-corrected chi connectivity index (χ1v) is 4.53. The van der Waals surface area contributed by atoms with Gasteiger partial charge >= 0.3 is 0 Å². The molecule has 1 N–H and O–H groups in total. The summed E-state index contributed by atoms with van der Waals surface area (Å²) < 4.78 is 0. The van der Waals surface area contributed by atoms with E-state index in [-0.39, 0.29) is 0 Å². The van der Waals surface area contributed by atoms with Crippen LogP contribution in [0.15, 0.2) is 36.7 Å². The van der Waals surface area contributed by atoms with Gasteiger partial charge in [0.15, 0.2) is 0 Å². The molecule has 0 aliphatic heterocycles. The molecule has 0 radical (unpaired) electrons. The van der Waals surface area contributed by atoms with Gasteiger partial charge in [-0.25, -0.2) is 0 Å². The van der Waals surface area contributed by atoms with Crippen molar-refractivity contribution in [1.29, 1.82) is 0 Å². The molecule has 0 amide bonds. The Morgan fingerprint density at radius 3 is 2.93 bits per heavy atom. The molecular weight excluding hydrogens is 190 g/mol. The number of nitrogens with one attached hydrogen (secondary N) is 1. The van der Waals surface area contributed by atoms with Crippen molar-refractivity contribution in [3.8, 4) is 11.4 Å². The lowest BCUT2D eigenvalue weighted by atomic mass is 10.2. The average Bonchev–Trinajstić information content (AvgIpc) is 2.78. The second-order valence-corrected chi connectivity index (χ2v) is 3.09. The van der Waals surface area contributed by atoms with Gasteiger partial charge < -0.3 is 4.98 Å². The summed E-state index contributed by atoms with van der Waals surface area (Å²) >= 11 is 0. The number of pyridine rings is 1. The lowest BCUT2D eigenvalue weighted by Gasteiger charge is -1.98. The van der Waals surface area contributed by atoms with Crippen molar-refractivity contribution in [3.05, 3.63) is 36.7 Å². The summed E-state index contributed by atoms with van der Waals surface area (Å²) in [5.41, 5.74) is 3.18. The van der Waals surface area contributed by atoms with E-state index in [0.29, 0.717) is 0 Å². The highest BCUT2D eigenvalue weighted by molar-refractivity contribution is 5.87. The molecule has 0 aromatic carbocycles. The highest BCUT2D eigenvalue weighted by Crippen LogP contribution is 2.20. The Kier molecular flexibility index (Phi) is 1.68. The molecule has 3 aromatic rings. The summed E-state index contributed by atoms with van der Waals surface area (Å²) in [7, 11) is 0. The fourth-order valence-electron chi connectivity index (χ4n) is 1.48. The van der Waals surface area contributed by atoms with Crippen LogP contribution in [-0.4, -0.2) is 25.4 Å². The second-order valence-electron chi connectivity index (χ2n) is 3.09. The molecule has 0 aliphatic rings. The minimum atomic E-state index is 0.727. The zero-order valence-electron chi connectivity index (χ0n) is 7.75. The Labute approximate surface area is 85.2 Å². The topological polar surface area (TPSA) is 67.3 Å². The number of aromatic nitrogens is 5. The van der Waals surface area contributed by atoms with Crippen molar-refractivity contribution < 1.29 is 0 Å². The van der Waals surface area contributed by atoms with E-state index in [4.69, 9.17) is 0 Å². The molecule has 0 fully saturated rings. The minimum absolute atomic E-state index is 0.727. The van der Waals surface area contributed by atoms with Crippen LogP contribution in [0.2, 0.25) is 0 Å². The first-order chi connectivity index (χ1) is 7.45. The normalized spacial score (nSPS) is 10.7. The summed E-state index contributed by atoms with van der Waals surface area (Å²) in [6, 6.07) is 7.53. The average molecular weight is 197 g/mol. The molecule has 5 heteroatoms. The van der Waals surface area contributed by atoms with Gasteiger partial charge in [-0.15, -0.1) is 10.2 Å². The van der Waals surface area contributed by atoms with Crippen LogP contribution in [0.25, 0.3) is 22.4 Å². The van der Waals surface area contributed by atoms with Crippen LogP contribution < -0.4 is 0 Å². The number of hydrogen-bond donors (Lipinski definition) is 1. The molecule has 0 saturated carbocycles. The van der Waals surface area contributed by atoms with Gasteiger partial charge in [-0.1, -0.05) is 6.07 Å². The zero-order valence-corrected chi connectivity index (χ0v) is 7.75. The quantitative estimate of drug-likeness (QED) is 0.640.